The number of amides is 1. The Morgan fingerprint density at radius 2 is 1.96 bits per heavy atom. The molecule has 2 N–H and O–H groups in total. The third-order valence-corrected chi connectivity index (χ3v) is 6.10. The number of ether oxygens (including phenoxy) is 2. The van der Waals surface area contributed by atoms with Gasteiger partial charge in [0, 0.05) is 31.5 Å². The number of nitrogens with one attached hydrogen (secondary N) is 2. The van der Waals surface area contributed by atoms with Crippen LogP contribution >= 0.6 is 12.4 Å². The van der Waals surface area contributed by atoms with Gasteiger partial charge in [0.15, 0.2) is 21.3 Å². The second-order valence-electron chi connectivity index (χ2n) is 6.33. The van der Waals surface area contributed by atoms with E-state index in [1.54, 1.807) is 6.07 Å². The molecule has 2 aliphatic rings. The first-order valence-electron chi connectivity index (χ1n) is 8.67. The van der Waals surface area contributed by atoms with Gasteiger partial charge in [-0.05, 0) is 31.5 Å². The van der Waals surface area contributed by atoms with Gasteiger partial charge in [0.05, 0.1) is 23.9 Å². The van der Waals surface area contributed by atoms with Crippen LogP contribution in [-0.4, -0.2) is 52.4 Å². The predicted octanol–water partition coefficient (Wildman–Crippen LogP) is 1.30. The maximum atomic E-state index is 12.5. The summed E-state index contributed by atoms with van der Waals surface area (Å²) in [5, 5.41) is 6.08. The van der Waals surface area contributed by atoms with Crippen LogP contribution in [0.3, 0.4) is 0 Å². The molecule has 26 heavy (non-hydrogen) atoms. The molecule has 3 rings (SSSR count). The summed E-state index contributed by atoms with van der Waals surface area (Å²) in [7, 11) is -3.55. The first kappa shape index (κ1) is 20.8. The van der Waals surface area contributed by atoms with Gasteiger partial charge >= 0.3 is 0 Å². The van der Waals surface area contributed by atoms with Crippen molar-refractivity contribution in [1.29, 1.82) is 0 Å². The Balaban J connectivity index is 0.00000243. The third kappa shape index (κ3) is 5.49. The minimum absolute atomic E-state index is 0. The molecule has 1 fully saturated rings. The monoisotopic (exact) mass is 404 g/mol. The van der Waals surface area contributed by atoms with Gasteiger partial charge < -0.3 is 20.1 Å². The molecule has 1 atom stereocenters. The highest BCUT2D eigenvalue weighted by atomic mass is 35.5. The van der Waals surface area contributed by atoms with Crippen molar-refractivity contribution in [2.24, 2.45) is 0 Å². The molecule has 0 bridgehead atoms. The van der Waals surface area contributed by atoms with Gasteiger partial charge in [-0.2, -0.15) is 0 Å². The van der Waals surface area contributed by atoms with Gasteiger partial charge in [-0.15, -0.1) is 12.4 Å². The van der Waals surface area contributed by atoms with E-state index in [9.17, 15) is 13.2 Å². The van der Waals surface area contributed by atoms with Crippen LogP contribution in [0.1, 0.15) is 25.7 Å². The Morgan fingerprint density at radius 1 is 1.19 bits per heavy atom. The zero-order valence-corrected chi connectivity index (χ0v) is 16.2. The van der Waals surface area contributed by atoms with Crippen molar-refractivity contribution in [2.75, 3.05) is 32.1 Å². The average molecular weight is 405 g/mol. The number of fused-ring (bicyclic) bond motifs is 1. The van der Waals surface area contributed by atoms with Crippen molar-refractivity contribution in [3.8, 4) is 11.5 Å². The molecule has 0 radical (unpaired) electrons. The normalized spacial score (nSPS) is 19.3. The summed E-state index contributed by atoms with van der Waals surface area (Å²) >= 11 is 0. The quantitative estimate of drug-likeness (QED) is 0.742. The minimum atomic E-state index is -3.55. The summed E-state index contributed by atoms with van der Waals surface area (Å²) in [6, 6.07) is 4.89. The molecule has 1 aromatic carbocycles. The van der Waals surface area contributed by atoms with Crippen LogP contribution in [0.25, 0.3) is 0 Å². The van der Waals surface area contributed by atoms with Gasteiger partial charge in [-0.1, -0.05) is 0 Å². The van der Waals surface area contributed by atoms with Crippen LogP contribution in [0.15, 0.2) is 23.1 Å². The molecule has 9 heteroatoms. The highest BCUT2D eigenvalue weighted by Crippen LogP contribution is 2.32. The largest absolute Gasteiger partial charge is 0.490 e. The van der Waals surface area contributed by atoms with Gasteiger partial charge in [0.2, 0.25) is 5.91 Å². The maximum absolute atomic E-state index is 12.5. The van der Waals surface area contributed by atoms with Gasteiger partial charge in [0.1, 0.15) is 0 Å². The first-order valence-corrected chi connectivity index (χ1v) is 10.3. The second-order valence-corrected chi connectivity index (χ2v) is 8.43. The summed E-state index contributed by atoms with van der Waals surface area (Å²) in [4.78, 5) is 12.1. The van der Waals surface area contributed by atoms with Crippen molar-refractivity contribution in [3.63, 3.8) is 0 Å². The van der Waals surface area contributed by atoms with Gasteiger partial charge in [0.25, 0.3) is 0 Å². The number of halogens is 1. The van der Waals surface area contributed by atoms with Crippen molar-refractivity contribution in [1.82, 2.24) is 10.6 Å². The molecule has 1 unspecified atom stereocenters. The van der Waals surface area contributed by atoms with E-state index >= 15 is 0 Å². The molecule has 2 heterocycles. The number of benzene rings is 1. The zero-order chi connectivity index (χ0) is 17.7. The van der Waals surface area contributed by atoms with E-state index in [1.807, 2.05) is 0 Å². The highest BCUT2D eigenvalue weighted by Gasteiger charge is 2.21. The lowest BCUT2D eigenvalue weighted by atomic mass is 10.2. The number of rotatable bonds is 6. The standard InChI is InChI=1S/C17H24N2O5S.ClH/c20-17(19-12-13-3-1-7-18-13)6-10-25(21,22)14-4-5-15-16(11-14)24-9-2-8-23-15;/h4-5,11,13,18H,1-3,6-10,12H2,(H,19,20);1H. The summed E-state index contributed by atoms with van der Waals surface area (Å²) in [6.45, 7) is 2.56. The van der Waals surface area contributed by atoms with E-state index in [0.717, 1.165) is 25.8 Å². The van der Waals surface area contributed by atoms with Crippen molar-refractivity contribution < 1.29 is 22.7 Å². The number of sulfone groups is 1. The topological polar surface area (TPSA) is 93.7 Å². The molecular formula is C17H25ClN2O5S. The summed E-state index contributed by atoms with van der Waals surface area (Å²) in [5.41, 5.74) is 0. The first-order chi connectivity index (χ1) is 12.0. The number of hydrogen-bond acceptors (Lipinski definition) is 6. The molecule has 0 spiro atoms. The van der Waals surface area contributed by atoms with Gasteiger partial charge in [-0.3, -0.25) is 4.79 Å². The smallest absolute Gasteiger partial charge is 0.221 e. The number of hydrogen-bond donors (Lipinski definition) is 2. The fourth-order valence-corrected chi connectivity index (χ4v) is 4.19. The molecule has 146 valence electrons. The molecule has 7 nitrogen and oxygen atoms in total. The molecule has 0 aliphatic carbocycles. The minimum Gasteiger partial charge on any atom is -0.490 e. The van der Waals surface area contributed by atoms with Crippen molar-refractivity contribution >= 4 is 28.2 Å². The van der Waals surface area contributed by atoms with Crippen LogP contribution in [0.2, 0.25) is 0 Å². The Kier molecular flexibility index (Phi) is 7.55. The zero-order valence-electron chi connectivity index (χ0n) is 14.5. The van der Waals surface area contributed by atoms with Crippen LogP contribution in [0.5, 0.6) is 11.5 Å². The van der Waals surface area contributed by atoms with Crippen molar-refractivity contribution in [2.45, 2.75) is 36.6 Å². The van der Waals surface area contributed by atoms with Crippen LogP contribution < -0.4 is 20.1 Å². The number of carbonyl (C=O) groups is 1. The molecule has 0 saturated carbocycles. The van der Waals surface area contributed by atoms with E-state index in [1.165, 1.54) is 12.1 Å². The molecule has 1 saturated heterocycles. The lowest BCUT2D eigenvalue weighted by molar-refractivity contribution is -0.120. The molecule has 1 amide bonds. The Labute approximate surface area is 160 Å². The Bertz CT molecular complexity index is 720. The number of carbonyl (C=O) groups excluding carboxylic acids is 1. The third-order valence-electron chi connectivity index (χ3n) is 4.38. The molecular weight excluding hydrogens is 380 g/mol. The van der Waals surface area contributed by atoms with E-state index in [2.05, 4.69) is 10.6 Å². The van der Waals surface area contributed by atoms with Crippen LogP contribution in [-0.2, 0) is 14.6 Å². The maximum Gasteiger partial charge on any atom is 0.221 e. The lowest BCUT2D eigenvalue weighted by Gasteiger charge is -2.12. The van der Waals surface area contributed by atoms with Crippen LogP contribution in [0, 0.1) is 0 Å². The fourth-order valence-electron chi connectivity index (χ4n) is 2.94. The second kappa shape index (κ2) is 9.43. The highest BCUT2D eigenvalue weighted by molar-refractivity contribution is 7.91. The fraction of sp³-hybridized carbons (Fsp3) is 0.588. The SMILES string of the molecule is Cl.O=C(CCS(=O)(=O)c1ccc2c(c1)OCCCO2)NCC1CCCN1. The molecule has 0 aromatic heterocycles. The summed E-state index contributed by atoms with van der Waals surface area (Å²) in [5.74, 6) is 0.525. The van der Waals surface area contributed by atoms with E-state index < -0.39 is 9.84 Å². The van der Waals surface area contributed by atoms with E-state index in [0.29, 0.717) is 37.3 Å². The Hall–Kier alpha value is -1.51. The lowest BCUT2D eigenvalue weighted by Crippen LogP contribution is -2.37. The van der Waals surface area contributed by atoms with E-state index in [4.69, 9.17) is 9.47 Å². The van der Waals surface area contributed by atoms with Crippen LogP contribution in [0.4, 0.5) is 0 Å². The summed E-state index contributed by atoms with van der Waals surface area (Å²) in [6.07, 6.45) is 2.85. The Morgan fingerprint density at radius 3 is 2.69 bits per heavy atom. The average Bonchev–Trinajstić information content (AvgIpc) is 3.01. The van der Waals surface area contributed by atoms with Crippen molar-refractivity contribution in [3.05, 3.63) is 18.2 Å². The molecule has 2 aliphatic heterocycles. The van der Waals surface area contributed by atoms with E-state index in [-0.39, 0.29) is 35.4 Å². The summed E-state index contributed by atoms with van der Waals surface area (Å²) < 4.78 is 36.0. The predicted molar refractivity (Wildman–Crippen MR) is 100 cm³/mol. The van der Waals surface area contributed by atoms with Gasteiger partial charge in [-0.25, -0.2) is 8.42 Å². The molecule has 1 aromatic rings.